The van der Waals surface area contributed by atoms with E-state index >= 15 is 0 Å². The Morgan fingerprint density at radius 1 is 1.69 bits per heavy atom. The van der Waals surface area contributed by atoms with Gasteiger partial charge in [0.25, 0.3) is 0 Å². The Kier molecular flexibility index (Phi) is 4.02. The monoisotopic (exact) mass is 185 g/mol. The highest BCUT2D eigenvalue weighted by Gasteiger charge is 2.24. The molecule has 13 heavy (non-hydrogen) atoms. The van der Waals surface area contributed by atoms with Crippen LogP contribution >= 0.6 is 0 Å². The van der Waals surface area contributed by atoms with Crippen LogP contribution in [-0.2, 0) is 4.74 Å². The lowest BCUT2D eigenvalue weighted by Crippen LogP contribution is -2.42. The molecule has 0 bridgehead atoms. The van der Waals surface area contributed by atoms with Crippen LogP contribution in [0.1, 0.15) is 19.8 Å². The third kappa shape index (κ3) is 2.59. The summed E-state index contributed by atoms with van der Waals surface area (Å²) < 4.78 is 5.03. The standard InChI is InChI=1S/C9H19N3O/c1-3-4-8-7-11-9(10)12(8)5-6-13-2/h8H,3-7H2,1-2H3,(H2,10,11). The van der Waals surface area contributed by atoms with E-state index in [4.69, 9.17) is 10.5 Å². The Morgan fingerprint density at radius 3 is 3.08 bits per heavy atom. The summed E-state index contributed by atoms with van der Waals surface area (Å²) in [5, 5.41) is 0. The Balaban J connectivity index is 2.40. The van der Waals surface area contributed by atoms with Crippen molar-refractivity contribution in [1.82, 2.24) is 4.90 Å². The molecule has 4 nitrogen and oxygen atoms in total. The number of aliphatic imine (C=N–C) groups is 1. The average molecular weight is 185 g/mol. The lowest BCUT2D eigenvalue weighted by Gasteiger charge is -2.25. The van der Waals surface area contributed by atoms with Crippen LogP contribution in [0, 0.1) is 0 Å². The van der Waals surface area contributed by atoms with Gasteiger partial charge in [0, 0.05) is 13.7 Å². The normalized spacial score (nSPS) is 22.2. The van der Waals surface area contributed by atoms with E-state index in [0.29, 0.717) is 12.0 Å². The molecule has 1 rings (SSSR count). The molecular weight excluding hydrogens is 166 g/mol. The predicted molar refractivity (Wildman–Crippen MR) is 53.8 cm³/mol. The molecule has 0 saturated carbocycles. The van der Waals surface area contributed by atoms with Gasteiger partial charge in [-0.15, -0.1) is 0 Å². The van der Waals surface area contributed by atoms with Crippen molar-refractivity contribution in [1.29, 1.82) is 0 Å². The number of hydrogen-bond donors (Lipinski definition) is 1. The van der Waals surface area contributed by atoms with Gasteiger partial charge in [0.2, 0.25) is 0 Å². The minimum Gasteiger partial charge on any atom is -0.383 e. The molecule has 76 valence electrons. The van der Waals surface area contributed by atoms with E-state index in [1.165, 1.54) is 6.42 Å². The first kappa shape index (κ1) is 10.3. The smallest absolute Gasteiger partial charge is 0.191 e. The van der Waals surface area contributed by atoms with E-state index in [1.807, 2.05) is 0 Å². The van der Waals surface area contributed by atoms with Crippen molar-refractivity contribution in [2.75, 3.05) is 26.8 Å². The number of rotatable bonds is 5. The van der Waals surface area contributed by atoms with E-state index in [1.54, 1.807) is 7.11 Å². The van der Waals surface area contributed by atoms with E-state index in [9.17, 15) is 0 Å². The minimum absolute atomic E-state index is 0.500. The number of guanidine groups is 1. The third-order valence-electron chi connectivity index (χ3n) is 2.36. The second-order valence-corrected chi connectivity index (χ2v) is 3.33. The summed E-state index contributed by atoms with van der Waals surface area (Å²) in [6.45, 7) is 4.61. The fourth-order valence-corrected chi connectivity index (χ4v) is 1.64. The largest absolute Gasteiger partial charge is 0.383 e. The summed E-state index contributed by atoms with van der Waals surface area (Å²) in [5.74, 6) is 0.676. The van der Waals surface area contributed by atoms with E-state index < -0.39 is 0 Å². The van der Waals surface area contributed by atoms with Gasteiger partial charge in [-0.1, -0.05) is 13.3 Å². The van der Waals surface area contributed by atoms with Gasteiger partial charge in [0.15, 0.2) is 5.96 Å². The zero-order valence-corrected chi connectivity index (χ0v) is 8.49. The van der Waals surface area contributed by atoms with E-state index in [0.717, 1.165) is 26.1 Å². The molecule has 0 saturated heterocycles. The molecule has 0 spiro atoms. The van der Waals surface area contributed by atoms with Crippen molar-refractivity contribution in [3.8, 4) is 0 Å². The number of methoxy groups -OCH3 is 1. The molecule has 1 atom stereocenters. The zero-order valence-electron chi connectivity index (χ0n) is 8.49. The molecule has 0 fully saturated rings. The first-order chi connectivity index (χ1) is 6.29. The quantitative estimate of drug-likeness (QED) is 0.676. The summed E-state index contributed by atoms with van der Waals surface area (Å²) in [7, 11) is 1.71. The highest BCUT2D eigenvalue weighted by molar-refractivity contribution is 5.80. The molecule has 2 N–H and O–H groups in total. The van der Waals surface area contributed by atoms with Gasteiger partial charge in [-0.2, -0.15) is 0 Å². The van der Waals surface area contributed by atoms with Crippen molar-refractivity contribution in [3.05, 3.63) is 0 Å². The SMILES string of the molecule is CCCC1CN=C(N)N1CCOC. The second kappa shape index (κ2) is 5.07. The number of hydrogen-bond acceptors (Lipinski definition) is 4. The summed E-state index contributed by atoms with van der Waals surface area (Å²) in [6, 6.07) is 0.500. The van der Waals surface area contributed by atoms with Gasteiger partial charge < -0.3 is 15.4 Å². The Bertz CT molecular complexity index is 182. The fourth-order valence-electron chi connectivity index (χ4n) is 1.64. The van der Waals surface area contributed by atoms with Gasteiger partial charge in [-0.05, 0) is 6.42 Å². The lowest BCUT2D eigenvalue weighted by atomic mass is 10.1. The maximum atomic E-state index is 5.76. The van der Waals surface area contributed by atoms with Crippen LogP contribution in [-0.4, -0.2) is 43.7 Å². The predicted octanol–water partition coefficient (Wildman–Crippen LogP) is 0.432. The summed E-state index contributed by atoms with van der Waals surface area (Å²) in [4.78, 5) is 6.38. The van der Waals surface area contributed by atoms with Crippen molar-refractivity contribution in [2.45, 2.75) is 25.8 Å². The molecule has 1 unspecified atom stereocenters. The van der Waals surface area contributed by atoms with Gasteiger partial charge in [0.05, 0.1) is 19.2 Å². The molecule has 0 aliphatic carbocycles. The van der Waals surface area contributed by atoms with Crippen LogP contribution < -0.4 is 5.73 Å². The highest BCUT2D eigenvalue weighted by Crippen LogP contribution is 2.12. The van der Waals surface area contributed by atoms with Crippen molar-refractivity contribution in [2.24, 2.45) is 10.7 Å². The van der Waals surface area contributed by atoms with Crippen molar-refractivity contribution < 1.29 is 4.74 Å². The van der Waals surface area contributed by atoms with Gasteiger partial charge >= 0.3 is 0 Å². The van der Waals surface area contributed by atoms with E-state index in [2.05, 4.69) is 16.8 Å². The topological polar surface area (TPSA) is 50.8 Å². The van der Waals surface area contributed by atoms with Crippen LogP contribution in [0.2, 0.25) is 0 Å². The molecule has 0 aromatic heterocycles. The molecule has 4 heteroatoms. The van der Waals surface area contributed by atoms with Crippen LogP contribution in [0.3, 0.4) is 0 Å². The van der Waals surface area contributed by atoms with Gasteiger partial charge in [0.1, 0.15) is 0 Å². The summed E-state index contributed by atoms with van der Waals surface area (Å²) in [5.41, 5.74) is 5.76. The van der Waals surface area contributed by atoms with Gasteiger partial charge in [-0.3, -0.25) is 4.99 Å². The maximum Gasteiger partial charge on any atom is 0.191 e. The summed E-state index contributed by atoms with van der Waals surface area (Å²) in [6.07, 6.45) is 2.34. The van der Waals surface area contributed by atoms with Crippen LogP contribution in [0.15, 0.2) is 4.99 Å². The number of ether oxygens (including phenoxy) is 1. The van der Waals surface area contributed by atoms with Crippen LogP contribution in [0.5, 0.6) is 0 Å². The van der Waals surface area contributed by atoms with Crippen molar-refractivity contribution >= 4 is 5.96 Å². The number of nitrogens with two attached hydrogens (primary N) is 1. The minimum atomic E-state index is 0.500. The third-order valence-corrected chi connectivity index (χ3v) is 2.36. The Morgan fingerprint density at radius 2 is 2.46 bits per heavy atom. The molecule has 1 aliphatic heterocycles. The Hall–Kier alpha value is -0.770. The second-order valence-electron chi connectivity index (χ2n) is 3.33. The Labute approximate surface area is 79.8 Å². The molecule has 0 amide bonds. The average Bonchev–Trinajstić information content (AvgIpc) is 2.45. The van der Waals surface area contributed by atoms with Crippen LogP contribution in [0.25, 0.3) is 0 Å². The van der Waals surface area contributed by atoms with Gasteiger partial charge in [-0.25, -0.2) is 0 Å². The molecule has 0 aromatic carbocycles. The summed E-state index contributed by atoms with van der Waals surface area (Å²) >= 11 is 0. The molecule has 0 aromatic rings. The van der Waals surface area contributed by atoms with Crippen LogP contribution in [0.4, 0.5) is 0 Å². The molecule has 0 radical (unpaired) electrons. The number of nitrogens with zero attached hydrogens (tertiary/aromatic N) is 2. The lowest BCUT2D eigenvalue weighted by molar-refractivity contribution is 0.164. The molecule has 1 heterocycles. The molecule has 1 aliphatic rings. The first-order valence-corrected chi connectivity index (χ1v) is 4.85. The fraction of sp³-hybridized carbons (Fsp3) is 0.889. The highest BCUT2D eigenvalue weighted by atomic mass is 16.5. The van der Waals surface area contributed by atoms with E-state index in [-0.39, 0.29) is 0 Å². The maximum absolute atomic E-state index is 5.76. The zero-order chi connectivity index (χ0) is 9.68. The molecular formula is C9H19N3O. The first-order valence-electron chi connectivity index (χ1n) is 4.85. The van der Waals surface area contributed by atoms with Crippen molar-refractivity contribution in [3.63, 3.8) is 0 Å².